The molecule has 1 aromatic heterocycles. The Bertz CT molecular complexity index is 873. The fourth-order valence-corrected chi connectivity index (χ4v) is 2.68. The van der Waals surface area contributed by atoms with Gasteiger partial charge in [-0.2, -0.15) is 5.10 Å². The highest BCUT2D eigenvalue weighted by Gasteiger charge is 2.27. The largest absolute Gasteiger partial charge is 0.481 e. The Kier molecular flexibility index (Phi) is 4.29. The van der Waals surface area contributed by atoms with Crippen LogP contribution in [0, 0.1) is 5.92 Å². The molecule has 0 aliphatic rings. The molecule has 0 saturated heterocycles. The Morgan fingerprint density at radius 2 is 1.88 bits per heavy atom. The minimum absolute atomic E-state index is 0.341. The quantitative estimate of drug-likeness (QED) is 0.673. The molecule has 0 saturated carbocycles. The Morgan fingerprint density at radius 1 is 1.12 bits per heavy atom. The van der Waals surface area contributed by atoms with Crippen molar-refractivity contribution in [3.63, 3.8) is 0 Å². The number of carbonyl (C=O) groups excluding carboxylic acids is 1. The van der Waals surface area contributed by atoms with Gasteiger partial charge < -0.3 is 10.4 Å². The zero-order valence-corrected chi connectivity index (χ0v) is 13.1. The molecule has 0 bridgehead atoms. The number of benzene rings is 2. The van der Waals surface area contributed by atoms with Gasteiger partial charge in [0.2, 0.25) is 0 Å². The van der Waals surface area contributed by atoms with Crippen molar-refractivity contribution in [2.24, 2.45) is 5.92 Å². The number of aromatic nitrogens is 2. The van der Waals surface area contributed by atoms with E-state index in [0.29, 0.717) is 11.1 Å². The van der Waals surface area contributed by atoms with Crippen molar-refractivity contribution < 1.29 is 14.7 Å². The first kappa shape index (κ1) is 15.7. The van der Waals surface area contributed by atoms with Crippen molar-refractivity contribution in [2.75, 3.05) is 0 Å². The van der Waals surface area contributed by atoms with E-state index >= 15 is 0 Å². The van der Waals surface area contributed by atoms with Crippen LogP contribution in [0.15, 0.2) is 54.7 Å². The molecule has 122 valence electrons. The average Bonchev–Trinajstić information content (AvgIpc) is 3.08. The van der Waals surface area contributed by atoms with E-state index in [9.17, 15) is 14.7 Å². The SMILES string of the molecule is CC(C(=O)O)C(NC(=O)c1cccc2cn[nH]c12)c1ccccc1. The minimum Gasteiger partial charge on any atom is -0.481 e. The summed E-state index contributed by atoms with van der Waals surface area (Å²) in [6, 6.07) is 13.8. The van der Waals surface area contributed by atoms with Crippen molar-refractivity contribution in [2.45, 2.75) is 13.0 Å². The van der Waals surface area contributed by atoms with Crippen LogP contribution in [0.2, 0.25) is 0 Å². The van der Waals surface area contributed by atoms with Crippen LogP contribution in [0.5, 0.6) is 0 Å². The first-order chi connectivity index (χ1) is 11.6. The summed E-state index contributed by atoms with van der Waals surface area (Å²) >= 11 is 0. The molecule has 3 N–H and O–H groups in total. The molecule has 1 amide bonds. The number of fused-ring (bicyclic) bond motifs is 1. The number of hydrogen-bond acceptors (Lipinski definition) is 3. The molecule has 0 aliphatic carbocycles. The molecule has 2 aromatic carbocycles. The van der Waals surface area contributed by atoms with E-state index in [1.807, 2.05) is 24.3 Å². The van der Waals surface area contributed by atoms with E-state index < -0.39 is 17.9 Å². The van der Waals surface area contributed by atoms with Gasteiger partial charge in [0.1, 0.15) is 0 Å². The molecule has 3 rings (SSSR count). The second kappa shape index (κ2) is 6.54. The molecule has 24 heavy (non-hydrogen) atoms. The minimum atomic E-state index is -0.969. The van der Waals surface area contributed by atoms with Gasteiger partial charge in [0.05, 0.1) is 29.2 Å². The fraction of sp³-hybridized carbons (Fsp3) is 0.167. The maximum atomic E-state index is 12.7. The van der Waals surface area contributed by atoms with Gasteiger partial charge in [-0.1, -0.05) is 42.5 Å². The lowest BCUT2D eigenvalue weighted by Crippen LogP contribution is -2.35. The van der Waals surface area contributed by atoms with Gasteiger partial charge >= 0.3 is 5.97 Å². The summed E-state index contributed by atoms with van der Waals surface area (Å²) in [5.74, 6) is -2.08. The van der Waals surface area contributed by atoms with Crippen molar-refractivity contribution in [1.29, 1.82) is 0 Å². The third-order valence-corrected chi connectivity index (χ3v) is 4.06. The molecule has 2 unspecified atom stereocenters. The van der Waals surface area contributed by atoms with Crippen LogP contribution in [-0.2, 0) is 4.79 Å². The van der Waals surface area contributed by atoms with Gasteiger partial charge in [0, 0.05) is 5.39 Å². The topological polar surface area (TPSA) is 95.1 Å². The normalized spacial score (nSPS) is 13.4. The summed E-state index contributed by atoms with van der Waals surface area (Å²) in [6.45, 7) is 1.58. The second-order valence-electron chi connectivity index (χ2n) is 5.63. The average molecular weight is 323 g/mol. The number of carboxylic acids is 1. The van der Waals surface area contributed by atoms with E-state index in [0.717, 1.165) is 10.9 Å². The molecule has 3 aromatic rings. The molecule has 1 heterocycles. The molecule has 0 spiro atoms. The molecular weight excluding hydrogens is 306 g/mol. The van der Waals surface area contributed by atoms with E-state index in [1.54, 1.807) is 37.4 Å². The zero-order valence-electron chi connectivity index (χ0n) is 13.1. The number of carboxylic acid groups (broad SMARTS) is 1. The van der Waals surface area contributed by atoms with Gasteiger partial charge in [-0.3, -0.25) is 14.7 Å². The van der Waals surface area contributed by atoms with E-state index in [1.165, 1.54) is 0 Å². The Balaban J connectivity index is 1.94. The Morgan fingerprint density at radius 3 is 2.58 bits per heavy atom. The predicted octanol–water partition coefficient (Wildman–Crippen LogP) is 2.75. The van der Waals surface area contributed by atoms with E-state index in [4.69, 9.17) is 0 Å². The number of carbonyl (C=O) groups is 2. The monoisotopic (exact) mass is 323 g/mol. The van der Waals surface area contributed by atoms with Gasteiger partial charge in [-0.15, -0.1) is 0 Å². The van der Waals surface area contributed by atoms with Crippen LogP contribution in [0.4, 0.5) is 0 Å². The molecular formula is C18H17N3O3. The third kappa shape index (κ3) is 2.99. The maximum Gasteiger partial charge on any atom is 0.308 e. The lowest BCUT2D eigenvalue weighted by Gasteiger charge is -2.23. The zero-order chi connectivity index (χ0) is 17.1. The summed E-state index contributed by atoms with van der Waals surface area (Å²) in [7, 11) is 0. The van der Waals surface area contributed by atoms with Gasteiger partial charge in [0.25, 0.3) is 5.91 Å². The number of H-pyrrole nitrogens is 1. The van der Waals surface area contributed by atoms with Crippen LogP contribution in [0.1, 0.15) is 28.9 Å². The van der Waals surface area contributed by atoms with Gasteiger partial charge in [-0.05, 0) is 18.6 Å². The maximum absolute atomic E-state index is 12.7. The van der Waals surface area contributed by atoms with Crippen molar-refractivity contribution in [3.05, 3.63) is 65.9 Å². The standard InChI is InChI=1S/C18H17N3O3/c1-11(18(23)24)15(12-6-3-2-4-7-12)20-17(22)14-9-5-8-13-10-19-21-16(13)14/h2-11,15H,1H3,(H,19,21)(H,20,22)(H,23,24). The predicted molar refractivity (Wildman–Crippen MR) is 89.5 cm³/mol. The number of para-hydroxylation sites is 1. The number of nitrogens with one attached hydrogen (secondary N) is 2. The van der Waals surface area contributed by atoms with Crippen molar-refractivity contribution in [1.82, 2.24) is 15.5 Å². The number of rotatable bonds is 5. The van der Waals surface area contributed by atoms with Crippen LogP contribution < -0.4 is 5.32 Å². The number of aliphatic carboxylic acids is 1. The Labute approximate surface area is 138 Å². The number of hydrogen-bond donors (Lipinski definition) is 3. The number of nitrogens with zero attached hydrogens (tertiary/aromatic N) is 1. The first-order valence-electron chi connectivity index (χ1n) is 7.58. The molecule has 0 radical (unpaired) electrons. The van der Waals surface area contributed by atoms with Crippen molar-refractivity contribution in [3.8, 4) is 0 Å². The van der Waals surface area contributed by atoms with Crippen LogP contribution in [-0.4, -0.2) is 27.2 Å². The van der Waals surface area contributed by atoms with E-state index in [-0.39, 0.29) is 5.91 Å². The summed E-state index contributed by atoms with van der Waals surface area (Å²) in [5, 5.41) is 19.8. The van der Waals surface area contributed by atoms with E-state index in [2.05, 4.69) is 15.5 Å². The number of aromatic amines is 1. The molecule has 6 heteroatoms. The number of amides is 1. The first-order valence-corrected chi connectivity index (χ1v) is 7.58. The second-order valence-corrected chi connectivity index (χ2v) is 5.63. The molecule has 0 fully saturated rings. The highest BCUT2D eigenvalue weighted by atomic mass is 16.4. The molecule has 6 nitrogen and oxygen atoms in total. The smallest absolute Gasteiger partial charge is 0.308 e. The van der Waals surface area contributed by atoms with Crippen molar-refractivity contribution >= 4 is 22.8 Å². The van der Waals surface area contributed by atoms with Crippen LogP contribution in [0.25, 0.3) is 10.9 Å². The highest BCUT2D eigenvalue weighted by molar-refractivity contribution is 6.05. The highest BCUT2D eigenvalue weighted by Crippen LogP contribution is 2.24. The summed E-state index contributed by atoms with van der Waals surface area (Å²) in [6.07, 6.45) is 1.64. The van der Waals surface area contributed by atoms with Gasteiger partial charge in [-0.25, -0.2) is 0 Å². The molecule has 0 aliphatic heterocycles. The summed E-state index contributed by atoms with van der Waals surface area (Å²) in [4.78, 5) is 24.2. The lowest BCUT2D eigenvalue weighted by molar-refractivity contribution is -0.142. The van der Waals surface area contributed by atoms with Crippen LogP contribution >= 0.6 is 0 Å². The fourth-order valence-electron chi connectivity index (χ4n) is 2.68. The Hall–Kier alpha value is -3.15. The van der Waals surface area contributed by atoms with Gasteiger partial charge in [0.15, 0.2) is 0 Å². The summed E-state index contributed by atoms with van der Waals surface area (Å²) in [5.41, 5.74) is 1.81. The lowest BCUT2D eigenvalue weighted by atomic mass is 9.94. The third-order valence-electron chi connectivity index (χ3n) is 4.06. The molecule has 2 atom stereocenters. The van der Waals surface area contributed by atoms with Crippen LogP contribution in [0.3, 0.4) is 0 Å². The summed E-state index contributed by atoms with van der Waals surface area (Å²) < 4.78 is 0.